The van der Waals surface area contributed by atoms with E-state index < -0.39 is 11.7 Å². The largest absolute Gasteiger partial charge is 0.416 e. The molecule has 4 heteroatoms. The summed E-state index contributed by atoms with van der Waals surface area (Å²) in [6, 6.07) is 5.45. The zero-order valence-electron chi connectivity index (χ0n) is 8.14. The van der Waals surface area contributed by atoms with Gasteiger partial charge in [-0.2, -0.15) is 13.2 Å². The van der Waals surface area contributed by atoms with Gasteiger partial charge in [-0.15, -0.1) is 0 Å². The fourth-order valence-corrected chi connectivity index (χ4v) is 1.66. The van der Waals surface area contributed by atoms with Gasteiger partial charge >= 0.3 is 6.18 Å². The number of alkyl halides is 3. The van der Waals surface area contributed by atoms with Crippen LogP contribution < -0.4 is 5.32 Å². The first kappa shape index (κ1) is 10.5. The van der Waals surface area contributed by atoms with Gasteiger partial charge in [0.15, 0.2) is 0 Å². The molecule has 0 spiro atoms. The summed E-state index contributed by atoms with van der Waals surface area (Å²) in [7, 11) is 0. The third-order valence-corrected chi connectivity index (χ3v) is 2.67. The highest BCUT2D eigenvalue weighted by molar-refractivity contribution is 5.25. The lowest BCUT2D eigenvalue weighted by atomic mass is 9.94. The zero-order chi connectivity index (χ0) is 10.9. The molecule has 0 bridgehead atoms. The van der Waals surface area contributed by atoms with Gasteiger partial charge in [0.05, 0.1) is 5.56 Å². The van der Waals surface area contributed by atoms with E-state index in [0.29, 0.717) is 5.92 Å². The lowest BCUT2D eigenvalue weighted by Crippen LogP contribution is -2.43. The fourth-order valence-electron chi connectivity index (χ4n) is 1.66. The summed E-state index contributed by atoms with van der Waals surface area (Å²) in [4.78, 5) is 0. The van der Waals surface area contributed by atoms with Gasteiger partial charge in [0.1, 0.15) is 0 Å². The van der Waals surface area contributed by atoms with Crippen molar-refractivity contribution < 1.29 is 13.2 Å². The van der Waals surface area contributed by atoms with E-state index in [1.165, 1.54) is 0 Å². The maximum Gasteiger partial charge on any atom is 0.416 e. The third-order valence-electron chi connectivity index (χ3n) is 2.67. The Morgan fingerprint density at radius 1 is 1.13 bits per heavy atom. The molecular formula is C11H12F3N. The molecular weight excluding hydrogens is 203 g/mol. The minimum atomic E-state index is -4.23. The molecule has 0 amide bonds. The molecule has 1 aliphatic rings. The predicted molar refractivity (Wildman–Crippen MR) is 51.5 cm³/mol. The molecule has 0 saturated carbocycles. The molecule has 1 fully saturated rings. The molecule has 1 nitrogen and oxygen atoms in total. The number of nitrogens with one attached hydrogen (secondary N) is 1. The standard InChI is InChI=1S/C11H12F3N/c12-11(13,14)10-3-1-8(2-4-10)5-9-6-15-7-9/h1-4,9,15H,5-7H2. The van der Waals surface area contributed by atoms with E-state index in [1.54, 1.807) is 12.1 Å². The first-order valence-electron chi connectivity index (χ1n) is 4.92. The zero-order valence-corrected chi connectivity index (χ0v) is 8.14. The Balaban J connectivity index is 2.03. The van der Waals surface area contributed by atoms with Gasteiger partial charge in [0, 0.05) is 0 Å². The van der Waals surface area contributed by atoms with Crippen LogP contribution in [0.5, 0.6) is 0 Å². The van der Waals surface area contributed by atoms with Gasteiger partial charge in [-0.3, -0.25) is 0 Å². The Morgan fingerprint density at radius 2 is 1.73 bits per heavy atom. The average Bonchev–Trinajstić information content (AvgIpc) is 2.11. The second kappa shape index (κ2) is 3.85. The van der Waals surface area contributed by atoms with Crippen molar-refractivity contribution in [1.82, 2.24) is 5.32 Å². The lowest BCUT2D eigenvalue weighted by molar-refractivity contribution is -0.137. The molecule has 0 unspecified atom stereocenters. The molecule has 1 aromatic carbocycles. The van der Waals surface area contributed by atoms with E-state index in [-0.39, 0.29) is 0 Å². The number of hydrogen-bond acceptors (Lipinski definition) is 1. The Kier molecular flexibility index (Phi) is 2.69. The summed E-state index contributed by atoms with van der Waals surface area (Å²) in [5.74, 6) is 0.585. The molecule has 2 rings (SSSR count). The second-order valence-electron chi connectivity index (χ2n) is 3.92. The van der Waals surface area contributed by atoms with Crippen molar-refractivity contribution in [3.05, 3.63) is 35.4 Å². The third kappa shape index (κ3) is 2.50. The van der Waals surface area contributed by atoms with Crippen molar-refractivity contribution in [3.63, 3.8) is 0 Å². The molecule has 1 aliphatic heterocycles. The molecule has 0 radical (unpaired) electrons. The van der Waals surface area contributed by atoms with Crippen LogP contribution in [-0.4, -0.2) is 13.1 Å². The minimum Gasteiger partial charge on any atom is -0.316 e. The van der Waals surface area contributed by atoms with Crippen LogP contribution in [0.1, 0.15) is 11.1 Å². The van der Waals surface area contributed by atoms with E-state index in [1.807, 2.05) is 0 Å². The molecule has 15 heavy (non-hydrogen) atoms. The number of halogens is 3. The van der Waals surface area contributed by atoms with Gasteiger partial charge in [-0.25, -0.2) is 0 Å². The highest BCUT2D eigenvalue weighted by Crippen LogP contribution is 2.29. The summed E-state index contributed by atoms with van der Waals surface area (Å²) in [6.07, 6.45) is -3.36. The Bertz CT molecular complexity index is 325. The normalized spacial score (nSPS) is 17.5. The molecule has 1 saturated heterocycles. The molecule has 0 aliphatic carbocycles. The molecule has 1 N–H and O–H groups in total. The second-order valence-corrected chi connectivity index (χ2v) is 3.92. The van der Waals surface area contributed by atoms with Crippen molar-refractivity contribution in [2.24, 2.45) is 5.92 Å². The molecule has 0 atom stereocenters. The molecule has 1 aromatic rings. The van der Waals surface area contributed by atoms with Crippen molar-refractivity contribution in [1.29, 1.82) is 0 Å². The molecule has 82 valence electrons. The summed E-state index contributed by atoms with van der Waals surface area (Å²) >= 11 is 0. The van der Waals surface area contributed by atoms with E-state index in [0.717, 1.165) is 37.2 Å². The van der Waals surface area contributed by atoms with Gasteiger partial charge in [-0.05, 0) is 43.1 Å². The van der Waals surface area contributed by atoms with Crippen LogP contribution in [0.15, 0.2) is 24.3 Å². The predicted octanol–water partition coefficient (Wildman–Crippen LogP) is 2.47. The van der Waals surface area contributed by atoms with Crippen LogP contribution in [0.25, 0.3) is 0 Å². The quantitative estimate of drug-likeness (QED) is 0.799. The number of hydrogen-bond donors (Lipinski definition) is 1. The number of benzene rings is 1. The monoisotopic (exact) mass is 215 g/mol. The van der Waals surface area contributed by atoms with Gasteiger partial charge in [0.2, 0.25) is 0 Å². The summed E-state index contributed by atoms with van der Waals surface area (Å²) in [6.45, 7) is 1.95. The lowest BCUT2D eigenvalue weighted by Gasteiger charge is -2.27. The first-order valence-corrected chi connectivity index (χ1v) is 4.92. The van der Waals surface area contributed by atoms with E-state index in [9.17, 15) is 13.2 Å². The van der Waals surface area contributed by atoms with Gasteiger partial charge in [-0.1, -0.05) is 12.1 Å². The summed E-state index contributed by atoms with van der Waals surface area (Å²) in [5.41, 5.74) is 0.410. The average molecular weight is 215 g/mol. The summed E-state index contributed by atoms with van der Waals surface area (Å²) in [5, 5.41) is 3.14. The Labute approximate surface area is 86.3 Å². The SMILES string of the molecule is FC(F)(F)c1ccc(CC2CNC2)cc1. The van der Waals surface area contributed by atoms with Gasteiger partial charge in [0.25, 0.3) is 0 Å². The Morgan fingerprint density at radius 3 is 2.13 bits per heavy atom. The van der Waals surface area contributed by atoms with E-state index in [2.05, 4.69) is 5.32 Å². The van der Waals surface area contributed by atoms with E-state index in [4.69, 9.17) is 0 Å². The van der Waals surface area contributed by atoms with E-state index >= 15 is 0 Å². The van der Waals surface area contributed by atoms with Crippen LogP contribution in [0.2, 0.25) is 0 Å². The highest BCUT2D eigenvalue weighted by Gasteiger charge is 2.30. The van der Waals surface area contributed by atoms with Crippen LogP contribution in [-0.2, 0) is 12.6 Å². The highest BCUT2D eigenvalue weighted by atomic mass is 19.4. The molecule has 0 aromatic heterocycles. The topological polar surface area (TPSA) is 12.0 Å². The fraction of sp³-hybridized carbons (Fsp3) is 0.455. The maximum atomic E-state index is 12.2. The van der Waals surface area contributed by atoms with Gasteiger partial charge < -0.3 is 5.32 Å². The Hall–Kier alpha value is -1.03. The van der Waals surface area contributed by atoms with Crippen molar-refractivity contribution in [2.75, 3.05) is 13.1 Å². The van der Waals surface area contributed by atoms with Crippen molar-refractivity contribution >= 4 is 0 Å². The maximum absolute atomic E-state index is 12.2. The first-order chi connectivity index (χ1) is 7.05. The minimum absolute atomic E-state index is 0.571. The van der Waals surface area contributed by atoms with Crippen molar-refractivity contribution in [2.45, 2.75) is 12.6 Å². The number of rotatable bonds is 2. The van der Waals surface area contributed by atoms with Crippen LogP contribution in [0.4, 0.5) is 13.2 Å². The molecule has 1 heterocycles. The van der Waals surface area contributed by atoms with Crippen molar-refractivity contribution in [3.8, 4) is 0 Å². The van der Waals surface area contributed by atoms with Crippen LogP contribution in [0, 0.1) is 5.92 Å². The van der Waals surface area contributed by atoms with Crippen LogP contribution >= 0.6 is 0 Å². The summed E-state index contributed by atoms with van der Waals surface area (Å²) < 4.78 is 36.7. The smallest absolute Gasteiger partial charge is 0.316 e. The van der Waals surface area contributed by atoms with Crippen LogP contribution in [0.3, 0.4) is 0 Å².